The Morgan fingerprint density at radius 3 is 0.518 bits per heavy atom. The zero-order valence-corrected chi connectivity index (χ0v) is 98.5. The van der Waals surface area contributed by atoms with Crippen LogP contribution in [0.3, 0.4) is 0 Å². The van der Waals surface area contributed by atoms with E-state index in [0.29, 0.717) is 94.7 Å². The van der Waals surface area contributed by atoms with Crippen LogP contribution in [0.2, 0.25) is 0 Å². The van der Waals surface area contributed by atoms with Crippen LogP contribution < -0.4 is 11.5 Å². The molecule has 0 aromatic heterocycles. The second kappa shape index (κ2) is 119. The molecule has 141 heavy (non-hydrogen) atoms. The van der Waals surface area contributed by atoms with Gasteiger partial charge < -0.3 is 54.8 Å². The number of carbonyl (C=O) groups excluding carboxylic acids is 5. The summed E-state index contributed by atoms with van der Waals surface area (Å²) in [6.45, 7) is 37.9. The summed E-state index contributed by atoms with van der Waals surface area (Å²) in [5, 5.41) is 1.03. The molecule has 0 aliphatic carbocycles. The topological polar surface area (TPSA) is 197 Å². The van der Waals surface area contributed by atoms with E-state index in [1.54, 1.807) is 0 Å². The Bertz CT molecular complexity index is 2240. The third-order valence-electron chi connectivity index (χ3n) is 29.5. The quantitative estimate of drug-likeness (QED) is 0.0252. The summed E-state index contributed by atoms with van der Waals surface area (Å²) in [7, 11) is 4.40. The van der Waals surface area contributed by atoms with Gasteiger partial charge in [-0.05, 0) is 276 Å². The average Bonchev–Trinajstić information content (AvgIpc) is 0.977. The molecule has 0 rings (SSSR count). The fraction of sp³-hybridized carbons (Fsp3) is 0.960. The van der Waals surface area contributed by atoms with E-state index in [1.807, 2.05) is 0 Å². The van der Waals surface area contributed by atoms with Crippen LogP contribution in [-0.2, 0) is 47.7 Å². The van der Waals surface area contributed by atoms with Gasteiger partial charge in [-0.3, -0.25) is 24.0 Å². The van der Waals surface area contributed by atoms with Crippen LogP contribution in [0.5, 0.6) is 0 Å². The first-order valence-electron chi connectivity index (χ1n) is 62.6. The van der Waals surface area contributed by atoms with Gasteiger partial charge in [0, 0.05) is 37.4 Å². The van der Waals surface area contributed by atoms with Crippen LogP contribution >= 0.6 is 15.9 Å². The summed E-state index contributed by atoms with van der Waals surface area (Å²) >= 11 is 3.43. The molecule has 0 aromatic carbocycles. The number of rotatable bonds is 113. The van der Waals surface area contributed by atoms with Crippen molar-refractivity contribution < 1.29 is 47.7 Å². The van der Waals surface area contributed by atoms with Gasteiger partial charge >= 0.3 is 29.8 Å². The van der Waals surface area contributed by atoms with E-state index in [4.69, 9.17) is 35.2 Å². The van der Waals surface area contributed by atoms with Gasteiger partial charge in [-0.1, -0.05) is 438 Å². The molecule has 16 nitrogen and oxygen atoms in total. The van der Waals surface area contributed by atoms with E-state index < -0.39 is 0 Å². The smallest absolute Gasteiger partial charge is 0.305 e. The molecule has 0 bridgehead atoms. The largest absolute Gasteiger partial charge is 0.465 e. The summed E-state index contributed by atoms with van der Waals surface area (Å²) in [5.41, 5.74) is 10.7. The zero-order chi connectivity index (χ0) is 104. The second-order valence-electron chi connectivity index (χ2n) is 43.8. The van der Waals surface area contributed by atoms with E-state index in [0.717, 1.165) is 206 Å². The summed E-state index contributed by atoms with van der Waals surface area (Å²) in [6, 6.07) is 0. The fourth-order valence-corrected chi connectivity index (χ4v) is 20.1. The number of carbonyl (C=O) groups is 5. The molecule has 0 fully saturated rings. The molecule has 0 radical (unpaired) electrons. The molecule has 0 saturated heterocycles. The van der Waals surface area contributed by atoms with Crippen molar-refractivity contribution in [2.24, 2.45) is 41.1 Å². The van der Waals surface area contributed by atoms with Gasteiger partial charge in [0.1, 0.15) is 0 Å². The second-order valence-corrected chi connectivity index (χ2v) is 44.6. The lowest BCUT2D eigenvalue weighted by Gasteiger charge is -2.26. The number of nitrogens with two attached hydrogens (primary N) is 2. The molecule has 5 unspecified atom stereocenters. The number of esters is 5. The molecule has 0 saturated carbocycles. The van der Waals surface area contributed by atoms with Gasteiger partial charge in [-0.25, -0.2) is 0 Å². The number of nitrogens with zero attached hydrogens (tertiary/aromatic N) is 4. The molecule has 0 aliphatic rings. The van der Waals surface area contributed by atoms with Gasteiger partial charge in [-0.2, -0.15) is 0 Å². The van der Waals surface area contributed by atoms with Crippen molar-refractivity contribution in [3.8, 4) is 0 Å². The van der Waals surface area contributed by atoms with Crippen molar-refractivity contribution in [2.45, 2.75) is 609 Å². The van der Waals surface area contributed by atoms with Gasteiger partial charge in [0.05, 0.1) is 33.0 Å². The monoisotopic (exact) mass is 2060 g/mol. The van der Waals surface area contributed by atoms with E-state index in [2.05, 4.69) is 119 Å². The lowest BCUT2D eigenvalue weighted by Crippen LogP contribution is -2.32. The average molecular weight is 2060 g/mol. The van der Waals surface area contributed by atoms with E-state index >= 15 is 0 Å². The predicted octanol–water partition coefficient (Wildman–Crippen LogP) is 35.5. The van der Waals surface area contributed by atoms with Crippen molar-refractivity contribution in [2.75, 3.05) is 131 Å². The van der Waals surface area contributed by atoms with Gasteiger partial charge in [0.2, 0.25) is 0 Å². The highest BCUT2D eigenvalue weighted by Gasteiger charge is 2.21. The number of ether oxygens (including phenoxy) is 5. The van der Waals surface area contributed by atoms with Crippen molar-refractivity contribution in [3.63, 3.8) is 0 Å². The van der Waals surface area contributed by atoms with Crippen molar-refractivity contribution in [3.05, 3.63) is 0 Å². The Labute approximate surface area is 888 Å². The molecule has 0 aromatic rings. The highest BCUT2D eigenvalue weighted by atomic mass is 79.9. The minimum atomic E-state index is -0.0119. The number of alkyl halides is 1. The minimum absolute atomic E-state index is 0.0103. The highest BCUT2D eigenvalue weighted by molar-refractivity contribution is 9.09. The van der Waals surface area contributed by atoms with E-state index in [9.17, 15) is 24.0 Å². The van der Waals surface area contributed by atoms with Gasteiger partial charge in [-0.15, -0.1) is 0 Å². The molecule has 842 valence electrons. The minimum Gasteiger partial charge on any atom is -0.465 e. The molecular formula is C124H249BrN6O10. The third kappa shape index (κ3) is 112. The molecule has 5 atom stereocenters. The maximum absolute atomic E-state index is 13.2. The van der Waals surface area contributed by atoms with Gasteiger partial charge in [0.25, 0.3) is 0 Å². The Kier molecular flexibility index (Phi) is 121. The lowest BCUT2D eigenvalue weighted by molar-refractivity contribution is -0.146. The van der Waals surface area contributed by atoms with Crippen molar-refractivity contribution in [1.29, 1.82) is 0 Å². The Balaban J connectivity index is -0.00000452. The predicted molar refractivity (Wildman–Crippen MR) is 617 cm³/mol. The standard InChI is InChI=1S/C95H187N3O8.C22H43BrO2.C7H19N3/c1-10-18-26-34-38-50-68-88(64-46-30-22-14-5)84-103-92(99)72-54-42-58-78-97(79-59-43-55-73-93(100)104-85-89(65-47-31-23-15-6)69-51-39-35-27-19-11-2)82-62-76-96(9)77-63-83-98(80-60-44-56-74-94(101)105-86-90(66-48-32-24-16-7)70-52-40-36-28-20-12-3)81-61-45-57-75-95(102)106-87-91(67-49-33-25-17-8)71-53-41-37-29-21-13-4;1-3-5-7-9-10-13-17-21(16-12-8-6-4-2)20-25-22(24)18-14-11-15-19-23;1-10(6-2-4-8)7-3-5-9/h88-91H,10-87H2,1-9H3;21H,3-20H2,1-2H3;2-9H2,1H3. The third-order valence-corrected chi connectivity index (χ3v) is 30.1. The van der Waals surface area contributed by atoms with Crippen LogP contribution in [-0.4, -0.2) is 180 Å². The highest BCUT2D eigenvalue weighted by Crippen LogP contribution is 2.28. The zero-order valence-electron chi connectivity index (χ0n) is 96.9. The molecule has 4 N–H and O–H groups in total. The summed E-state index contributed by atoms with van der Waals surface area (Å²) < 4.78 is 29.6. The molecule has 0 aliphatic heterocycles. The van der Waals surface area contributed by atoms with Crippen molar-refractivity contribution in [1.82, 2.24) is 19.6 Å². The SMILES string of the molecule is CCCCCCCCC(CCCCCC)COC(=O)CCCCCBr.CCCCCCCCC(CCCCCC)COC(=O)CCCCCN(CCCCCC(=O)OCC(CCCCCC)CCCCCCCC)CCCN(C)CCCN(CCCCCC(=O)OCC(CCCCCC)CCCCCCCC)CCCCCC(=O)OCC(CCCCCC)CCCCCCCC.CN(CCCN)CCCN. The first-order valence-corrected chi connectivity index (χ1v) is 63.7. The van der Waals surface area contributed by atoms with Crippen LogP contribution in [0.25, 0.3) is 0 Å². The maximum atomic E-state index is 13.2. The van der Waals surface area contributed by atoms with Crippen LogP contribution in [0, 0.1) is 29.6 Å². The first kappa shape index (κ1) is 143. The molecular weight excluding hydrogens is 1810 g/mol. The summed E-state index contributed by atoms with van der Waals surface area (Å²) in [5.74, 6) is 2.52. The fourth-order valence-electron chi connectivity index (χ4n) is 19.7. The van der Waals surface area contributed by atoms with Crippen LogP contribution in [0.15, 0.2) is 0 Å². The van der Waals surface area contributed by atoms with Crippen molar-refractivity contribution >= 4 is 45.8 Å². The van der Waals surface area contributed by atoms with E-state index in [-0.39, 0.29) is 29.8 Å². The first-order chi connectivity index (χ1) is 69.0. The number of unbranched alkanes of at least 4 members (excludes halogenated alkanes) is 50. The summed E-state index contributed by atoms with van der Waals surface area (Å²) in [4.78, 5) is 74.7. The maximum Gasteiger partial charge on any atom is 0.305 e. The number of hydrogen-bond donors (Lipinski definition) is 2. The summed E-state index contributed by atoms with van der Waals surface area (Å²) in [6.07, 6.45) is 99.0. The molecule has 0 heterocycles. The Morgan fingerprint density at radius 1 is 0.191 bits per heavy atom. The normalized spacial score (nSPS) is 12.7. The van der Waals surface area contributed by atoms with Gasteiger partial charge in [0.15, 0.2) is 0 Å². The lowest BCUT2D eigenvalue weighted by atomic mass is 9.95. The molecule has 17 heteroatoms. The van der Waals surface area contributed by atoms with Crippen LogP contribution in [0.1, 0.15) is 609 Å². The molecule has 0 amide bonds. The van der Waals surface area contributed by atoms with Crippen LogP contribution in [0.4, 0.5) is 0 Å². The Morgan fingerprint density at radius 2 is 0.340 bits per heavy atom. The Hall–Kier alpha value is -2.41. The number of halogens is 1. The van der Waals surface area contributed by atoms with E-state index in [1.165, 1.54) is 385 Å². The number of hydrogen-bond acceptors (Lipinski definition) is 16. The molecule has 0 spiro atoms.